The van der Waals surface area contributed by atoms with Crippen LogP contribution in [0.15, 0.2) is 46.1 Å². The first kappa shape index (κ1) is 19.5. The Kier molecular flexibility index (Phi) is 5.83. The Morgan fingerprint density at radius 1 is 1.24 bits per heavy atom. The van der Waals surface area contributed by atoms with Gasteiger partial charge < -0.3 is 19.4 Å². The van der Waals surface area contributed by atoms with E-state index in [1.165, 1.54) is 0 Å². The lowest BCUT2D eigenvalue weighted by atomic mass is 10.1. The molecule has 0 unspecified atom stereocenters. The van der Waals surface area contributed by atoms with Crippen LogP contribution in [-0.2, 0) is 11.2 Å². The Labute approximate surface area is 172 Å². The van der Waals surface area contributed by atoms with Crippen molar-refractivity contribution in [3.8, 4) is 5.75 Å². The summed E-state index contributed by atoms with van der Waals surface area (Å²) in [4.78, 5) is 28.4. The molecule has 0 spiro atoms. The number of carbonyl (C=O) groups excluding carboxylic acids is 1. The number of amidine groups is 1. The number of aryl methyl sites for hydroxylation is 1. The van der Waals surface area contributed by atoms with Crippen molar-refractivity contribution in [1.82, 2.24) is 14.7 Å². The summed E-state index contributed by atoms with van der Waals surface area (Å²) in [6.45, 7) is 6.17. The average molecular weight is 396 g/mol. The van der Waals surface area contributed by atoms with Gasteiger partial charge in [0.15, 0.2) is 0 Å². The Bertz CT molecular complexity index is 839. The number of methoxy groups -OCH3 is 1. The number of nitrogens with zero attached hydrogens (tertiary/aromatic N) is 5. The predicted molar refractivity (Wildman–Crippen MR) is 114 cm³/mol. The van der Waals surface area contributed by atoms with Crippen LogP contribution in [0, 0.1) is 0 Å². The van der Waals surface area contributed by atoms with Crippen molar-refractivity contribution in [3.05, 3.63) is 41.7 Å². The number of aliphatic imine (C=N–C) groups is 2. The number of fused-ring (bicyclic) bond motifs is 1. The maximum absolute atomic E-state index is 12.6. The second kappa shape index (κ2) is 8.68. The molecule has 1 saturated heterocycles. The summed E-state index contributed by atoms with van der Waals surface area (Å²) in [7, 11) is 1.66. The SMILES string of the molecule is CC[C@H]1CN2C=NC(N3CCN(C(=O)CCc4cccc(OC)c4)CC3)=CC2=N1. The standard InChI is InChI=1S/C22H29N5O2/c1-3-18-15-27-16-23-20(14-21(27)24-18)25-9-11-26(12-10-25)22(28)8-7-17-5-4-6-19(13-17)29-2/h4-6,13-14,16,18H,3,7-12,15H2,1-2H3/t18-/m0/s1. The first-order valence-corrected chi connectivity index (χ1v) is 10.4. The molecular weight excluding hydrogens is 366 g/mol. The molecule has 7 nitrogen and oxygen atoms in total. The van der Waals surface area contributed by atoms with Crippen LogP contribution in [0.5, 0.6) is 5.75 Å². The fourth-order valence-electron chi connectivity index (χ4n) is 3.95. The molecule has 1 amide bonds. The summed E-state index contributed by atoms with van der Waals surface area (Å²) in [5.74, 6) is 3.02. The first-order valence-electron chi connectivity index (χ1n) is 10.4. The number of rotatable bonds is 6. The lowest BCUT2D eigenvalue weighted by molar-refractivity contribution is -0.132. The van der Waals surface area contributed by atoms with Crippen molar-refractivity contribution in [1.29, 1.82) is 0 Å². The van der Waals surface area contributed by atoms with Crippen molar-refractivity contribution in [2.45, 2.75) is 32.2 Å². The molecule has 0 N–H and O–H groups in total. The summed E-state index contributed by atoms with van der Waals surface area (Å²) >= 11 is 0. The van der Waals surface area contributed by atoms with E-state index in [1.807, 2.05) is 35.5 Å². The van der Waals surface area contributed by atoms with Gasteiger partial charge in [0.25, 0.3) is 0 Å². The van der Waals surface area contributed by atoms with Crippen molar-refractivity contribution in [3.63, 3.8) is 0 Å². The third-order valence-corrected chi connectivity index (χ3v) is 5.79. The van der Waals surface area contributed by atoms with Gasteiger partial charge in [-0.1, -0.05) is 19.1 Å². The molecule has 0 saturated carbocycles. The second-order valence-electron chi connectivity index (χ2n) is 7.67. The van der Waals surface area contributed by atoms with E-state index < -0.39 is 0 Å². The van der Waals surface area contributed by atoms with Gasteiger partial charge in [-0.25, -0.2) is 4.99 Å². The summed E-state index contributed by atoms with van der Waals surface area (Å²) in [6, 6.07) is 8.29. The van der Waals surface area contributed by atoms with Crippen LogP contribution in [0.2, 0.25) is 0 Å². The lowest BCUT2D eigenvalue weighted by Gasteiger charge is -2.37. The van der Waals surface area contributed by atoms with E-state index in [2.05, 4.69) is 27.8 Å². The Morgan fingerprint density at radius 3 is 2.83 bits per heavy atom. The van der Waals surface area contributed by atoms with E-state index >= 15 is 0 Å². The smallest absolute Gasteiger partial charge is 0.223 e. The number of piperazine rings is 1. The van der Waals surface area contributed by atoms with Crippen molar-refractivity contribution in [2.24, 2.45) is 9.98 Å². The van der Waals surface area contributed by atoms with Crippen LogP contribution in [-0.4, -0.2) is 78.7 Å². The molecule has 1 atom stereocenters. The second-order valence-corrected chi connectivity index (χ2v) is 7.67. The van der Waals surface area contributed by atoms with Gasteiger partial charge in [0.1, 0.15) is 17.4 Å². The van der Waals surface area contributed by atoms with E-state index in [1.54, 1.807) is 7.11 Å². The molecule has 1 aromatic rings. The summed E-state index contributed by atoms with van der Waals surface area (Å²) in [6.07, 6.45) is 6.29. The number of benzene rings is 1. The maximum atomic E-state index is 12.6. The fraction of sp³-hybridized carbons (Fsp3) is 0.500. The van der Waals surface area contributed by atoms with Gasteiger partial charge >= 0.3 is 0 Å². The maximum Gasteiger partial charge on any atom is 0.223 e. The van der Waals surface area contributed by atoms with Crippen LogP contribution in [0.25, 0.3) is 0 Å². The molecule has 3 aliphatic rings. The highest BCUT2D eigenvalue weighted by molar-refractivity contribution is 6.03. The predicted octanol–water partition coefficient (Wildman–Crippen LogP) is 2.15. The molecule has 1 fully saturated rings. The minimum atomic E-state index is 0.214. The van der Waals surface area contributed by atoms with E-state index in [9.17, 15) is 4.79 Å². The van der Waals surface area contributed by atoms with Crippen LogP contribution < -0.4 is 4.74 Å². The van der Waals surface area contributed by atoms with E-state index in [-0.39, 0.29) is 5.91 Å². The number of ether oxygens (including phenoxy) is 1. The number of amides is 1. The van der Waals surface area contributed by atoms with Crippen molar-refractivity contribution in [2.75, 3.05) is 39.8 Å². The van der Waals surface area contributed by atoms with Gasteiger partial charge in [0, 0.05) is 45.2 Å². The van der Waals surface area contributed by atoms with Crippen LogP contribution in [0.4, 0.5) is 0 Å². The van der Waals surface area contributed by atoms with E-state index in [0.717, 1.165) is 68.5 Å². The van der Waals surface area contributed by atoms with Gasteiger partial charge in [0.05, 0.1) is 19.5 Å². The number of hydrogen-bond donors (Lipinski definition) is 0. The molecule has 0 radical (unpaired) electrons. The van der Waals surface area contributed by atoms with Crippen molar-refractivity contribution >= 4 is 18.1 Å². The third kappa shape index (κ3) is 4.44. The normalized spacial score (nSPS) is 21.0. The highest BCUT2D eigenvalue weighted by atomic mass is 16.5. The number of carbonyl (C=O) groups is 1. The quantitative estimate of drug-likeness (QED) is 0.741. The largest absolute Gasteiger partial charge is 0.497 e. The van der Waals surface area contributed by atoms with Gasteiger partial charge in [-0.15, -0.1) is 0 Å². The minimum Gasteiger partial charge on any atom is -0.497 e. The molecule has 1 aromatic carbocycles. The molecule has 154 valence electrons. The Hall–Kier alpha value is -2.83. The lowest BCUT2D eigenvalue weighted by Crippen LogP contribution is -2.48. The molecular formula is C22H29N5O2. The summed E-state index contributed by atoms with van der Waals surface area (Å²) in [5, 5.41) is 0. The third-order valence-electron chi connectivity index (χ3n) is 5.79. The van der Waals surface area contributed by atoms with Crippen LogP contribution in [0.3, 0.4) is 0 Å². The fourth-order valence-corrected chi connectivity index (χ4v) is 3.95. The van der Waals surface area contributed by atoms with Crippen molar-refractivity contribution < 1.29 is 9.53 Å². The van der Waals surface area contributed by atoms with Crippen LogP contribution in [0.1, 0.15) is 25.3 Å². The minimum absolute atomic E-state index is 0.214. The monoisotopic (exact) mass is 395 g/mol. The van der Waals surface area contributed by atoms with E-state index in [0.29, 0.717) is 12.5 Å². The highest BCUT2D eigenvalue weighted by Gasteiger charge is 2.27. The average Bonchev–Trinajstić information content (AvgIpc) is 3.20. The molecule has 0 bridgehead atoms. The molecule has 7 heteroatoms. The highest BCUT2D eigenvalue weighted by Crippen LogP contribution is 2.20. The zero-order chi connectivity index (χ0) is 20.2. The van der Waals surface area contributed by atoms with Crippen LogP contribution >= 0.6 is 0 Å². The zero-order valence-corrected chi connectivity index (χ0v) is 17.3. The van der Waals surface area contributed by atoms with Gasteiger partial charge in [-0.2, -0.15) is 0 Å². The summed E-state index contributed by atoms with van der Waals surface area (Å²) in [5.41, 5.74) is 1.13. The molecule has 29 heavy (non-hydrogen) atoms. The molecule has 3 aliphatic heterocycles. The molecule has 3 heterocycles. The Morgan fingerprint density at radius 2 is 2.07 bits per heavy atom. The number of hydrogen-bond acceptors (Lipinski definition) is 6. The first-order chi connectivity index (χ1) is 14.2. The van der Waals surface area contributed by atoms with Gasteiger partial charge in [-0.05, 0) is 30.5 Å². The molecule has 4 rings (SSSR count). The zero-order valence-electron chi connectivity index (χ0n) is 17.3. The van der Waals surface area contributed by atoms with Gasteiger partial charge in [-0.3, -0.25) is 9.79 Å². The van der Waals surface area contributed by atoms with Gasteiger partial charge in [0.2, 0.25) is 5.91 Å². The topological polar surface area (TPSA) is 60.7 Å². The molecule has 0 aromatic heterocycles. The van der Waals surface area contributed by atoms with E-state index in [4.69, 9.17) is 9.73 Å². The summed E-state index contributed by atoms with van der Waals surface area (Å²) < 4.78 is 5.26. The molecule has 0 aliphatic carbocycles. The Balaban J connectivity index is 1.28.